The summed E-state index contributed by atoms with van der Waals surface area (Å²) in [7, 11) is 1.49. The van der Waals surface area contributed by atoms with Gasteiger partial charge in [0.1, 0.15) is 5.75 Å². The number of aliphatic hydroxyl groups excluding tert-OH is 2. The Morgan fingerprint density at radius 1 is 1.40 bits per heavy atom. The van der Waals surface area contributed by atoms with Crippen LogP contribution in [0.15, 0.2) is 35.6 Å². The first-order chi connectivity index (χ1) is 11.9. The molecule has 2 atom stereocenters. The second-order valence-corrected chi connectivity index (χ2v) is 5.72. The number of phenolic OH excluding ortho intramolecular Hbond substituents is 1. The zero-order valence-corrected chi connectivity index (χ0v) is 15.0. The summed E-state index contributed by atoms with van der Waals surface area (Å²) in [6, 6.07) is 4.34. The largest absolute Gasteiger partial charge is 0.508 e. The van der Waals surface area contributed by atoms with E-state index in [4.69, 9.17) is 21.1 Å². The summed E-state index contributed by atoms with van der Waals surface area (Å²) in [5.74, 6) is -0.680. The minimum absolute atomic E-state index is 0.0201. The highest BCUT2D eigenvalue weighted by atomic mass is 35.5. The Labute approximate surface area is 152 Å². The second-order valence-electron chi connectivity index (χ2n) is 5.31. The van der Waals surface area contributed by atoms with Gasteiger partial charge in [-0.3, -0.25) is 0 Å². The number of methoxy groups -OCH3 is 1. The van der Waals surface area contributed by atoms with E-state index in [2.05, 4.69) is 5.73 Å². The lowest BCUT2D eigenvalue weighted by Gasteiger charge is -2.11. The fourth-order valence-electron chi connectivity index (χ4n) is 2.12. The molecule has 0 radical (unpaired) electrons. The van der Waals surface area contributed by atoms with E-state index in [1.165, 1.54) is 19.2 Å². The van der Waals surface area contributed by atoms with E-state index in [1.807, 2.05) is 0 Å². The number of aliphatic hydroxyl groups is 2. The molecule has 0 unspecified atom stereocenters. The van der Waals surface area contributed by atoms with Crippen LogP contribution < -0.4 is 0 Å². The lowest BCUT2D eigenvalue weighted by Crippen LogP contribution is -2.24. The standard InChI is InChI=1S/C18H23ClO6/c1-3-25-18(23)17(22)9-12(11-24-2)5-4-6-16(21)14-8-7-13(20)10-15(14)19/h4,7-8,10,16-17,20-22H,3,6,9,11H2,1-2H3/t5?,16-,17-/m1/s1. The van der Waals surface area contributed by atoms with Crippen molar-refractivity contribution < 1.29 is 29.6 Å². The van der Waals surface area contributed by atoms with Crippen LogP contribution in [0.4, 0.5) is 0 Å². The molecule has 138 valence electrons. The third-order valence-corrected chi connectivity index (χ3v) is 3.63. The molecule has 7 heteroatoms. The molecule has 1 rings (SSSR count). The Bertz CT molecular complexity index is 636. The molecule has 0 fully saturated rings. The van der Waals surface area contributed by atoms with Crippen molar-refractivity contribution >= 4 is 17.6 Å². The van der Waals surface area contributed by atoms with Gasteiger partial charge in [-0.25, -0.2) is 4.79 Å². The number of halogens is 1. The van der Waals surface area contributed by atoms with Crippen LogP contribution in [0.1, 0.15) is 31.4 Å². The zero-order chi connectivity index (χ0) is 18.8. The van der Waals surface area contributed by atoms with Crippen molar-refractivity contribution in [2.24, 2.45) is 0 Å². The summed E-state index contributed by atoms with van der Waals surface area (Å²) in [6.45, 7) is 2.03. The van der Waals surface area contributed by atoms with Crippen LogP contribution in [0.25, 0.3) is 0 Å². The van der Waals surface area contributed by atoms with Gasteiger partial charge in [-0.2, -0.15) is 0 Å². The van der Waals surface area contributed by atoms with Crippen molar-refractivity contribution in [2.45, 2.75) is 32.0 Å². The van der Waals surface area contributed by atoms with Crippen LogP contribution in [0, 0.1) is 0 Å². The number of hydrogen-bond acceptors (Lipinski definition) is 6. The van der Waals surface area contributed by atoms with Gasteiger partial charge in [-0.05, 0) is 30.7 Å². The van der Waals surface area contributed by atoms with Crippen LogP contribution >= 0.6 is 11.6 Å². The molecule has 1 aromatic rings. The lowest BCUT2D eigenvalue weighted by molar-refractivity contribution is -0.152. The Kier molecular flexibility index (Phi) is 9.27. The van der Waals surface area contributed by atoms with E-state index < -0.39 is 18.2 Å². The maximum absolute atomic E-state index is 11.5. The van der Waals surface area contributed by atoms with Gasteiger partial charge in [0.05, 0.1) is 24.3 Å². The summed E-state index contributed by atoms with van der Waals surface area (Å²) in [5, 5.41) is 29.6. The second kappa shape index (κ2) is 10.9. The summed E-state index contributed by atoms with van der Waals surface area (Å²) in [6.07, 6.45) is -0.339. The first-order valence-corrected chi connectivity index (χ1v) is 8.19. The molecule has 0 aliphatic heterocycles. The van der Waals surface area contributed by atoms with Gasteiger partial charge in [0.25, 0.3) is 0 Å². The normalized spacial score (nSPS) is 12.8. The highest BCUT2D eigenvalue weighted by Crippen LogP contribution is 2.28. The Morgan fingerprint density at radius 2 is 2.12 bits per heavy atom. The Morgan fingerprint density at radius 3 is 2.72 bits per heavy atom. The number of rotatable bonds is 9. The third-order valence-electron chi connectivity index (χ3n) is 3.31. The number of ether oxygens (including phenoxy) is 2. The topological polar surface area (TPSA) is 96.2 Å². The number of benzene rings is 1. The molecule has 25 heavy (non-hydrogen) atoms. The maximum Gasteiger partial charge on any atom is 0.335 e. The van der Waals surface area contributed by atoms with Gasteiger partial charge < -0.3 is 24.8 Å². The van der Waals surface area contributed by atoms with E-state index in [9.17, 15) is 20.1 Å². The summed E-state index contributed by atoms with van der Waals surface area (Å²) >= 11 is 5.99. The summed E-state index contributed by atoms with van der Waals surface area (Å²) < 4.78 is 9.77. The van der Waals surface area contributed by atoms with Crippen molar-refractivity contribution in [3.63, 3.8) is 0 Å². The molecule has 0 aliphatic carbocycles. The molecular formula is C18H23ClO6. The van der Waals surface area contributed by atoms with Gasteiger partial charge in [0.2, 0.25) is 0 Å². The molecule has 3 N–H and O–H groups in total. The maximum atomic E-state index is 11.5. The van der Waals surface area contributed by atoms with E-state index in [0.717, 1.165) is 0 Å². The molecule has 0 saturated carbocycles. The van der Waals surface area contributed by atoms with Crippen molar-refractivity contribution in [3.8, 4) is 5.75 Å². The first-order valence-electron chi connectivity index (χ1n) is 7.82. The van der Waals surface area contributed by atoms with Gasteiger partial charge >= 0.3 is 5.97 Å². The van der Waals surface area contributed by atoms with Crippen molar-refractivity contribution in [1.82, 2.24) is 0 Å². The minimum atomic E-state index is -1.29. The Hall–Kier alpha value is -1.82. The fraction of sp³-hybridized carbons (Fsp3) is 0.444. The number of carbonyl (C=O) groups is 1. The smallest absolute Gasteiger partial charge is 0.335 e. The average molecular weight is 371 g/mol. The first kappa shape index (κ1) is 21.2. The van der Waals surface area contributed by atoms with Crippen molar-refractivity contribution in [1.29, 1.82) is 0 Å². The van der Waals surface area contributed by atoms with E-state index >= 15 is 0 Å². The molecule has 0 aromatic heterocycles. The van der Waals surface area contributed by atoms with Crippen LogP contribution in [0.2, 0.25) is 5.02 Å². The predicted molar refractivity (Wildman–Crippen MR) is 93.4 cm³/mol. The highest BCUT2D eigenvalue weighted by Gasteiger charge is 2.18. The number of phenols is 1. The van der Waals surface area contributed by atoms with Crippen molar-refractivity contribution in [3.05, 3.63) is 46.2 Å². The minimum Gasteiger partial charge on any atom is -0.508 e. The highest BCUT2D eigenvalue weighted by molar-refractivity contribution is 6.31. The lowest BCUT2D eigenvalue weighted by atomic mass is 10.1. The number of aromatic hydroxyl groups is 1. The summed E-state index contributed by atoms with van der Waals surface area (Å²) in [5.41, 5.74) is 3.97. The molecule has 0 saturated heterocycles. The molecule has 0 spiro atoms. The zero-order valence-electron chi connectivity index (χ0n) is 14.2. The molecule has 0 heterocycles. The van der Waals surface area contributed by atoms with Gasteiger partial charge in [0.15, 0.2) is 6.10 Å². The van der Waals surface area contributed by atoms with E-state index in [1.54, 1.807) is 19.1 Å². The fourth-order valence-corrected chi connectivity index (χ4v) is 2.42. The van der Waals surface area contributed by atoms with E-state index in [-0.39, 0.29) is 36.8 Å². The van der Waals surface area contributed by atoms with Gasteiger partial charge in [0, 0.05) is 25.5 Å². The Balaban J connectivity index is 2.78. The SMILES string of the molecule is CCOC(=O)[C@H](O)CC(=C=CC[C@@H](O)c1ccc(O)cc1Cl)COC. The molecule has 1 aromatic carbocycles. The van der Waals surface area contributed by atoms with Crippen LogP contribution in [-0.4, -0.2) is 47.7 Å². The van der Waals surface area contributed by atoms with Crippen LogP contribution in [0.3, 0.4) is 0 Å². The predicted octanol–water partition coefficient (Wildman–Crippen LogP) is 2.51. The molecule has 6 nitrogen and oxygen atoms in total. The average Bonchev–Trinajstić information content (AvgIpc) is 2.54. The monoisotopic (exact) mass is 370 g/mol. The van der Waals surface area contributed by atoms with Crippen molar-refractivity contribution in [2.75, 3.05) is 20.3 Å². The third kappa shape index (κ3) is 7.30. The number of carbonyl (C=O) groups excluding carboxylic acids is 1. The summed E-state index contributed by atoms with van der Waals surface area (Å²) in [4.78, 5) is 11.5. The molecular weight excluding hydrogens is 348 g/mol. The molecule has 0 aliphatic rings. The van der Waals surface area contributed by atoms with Crippen LogP contribution in [-0.2, 0) is 14.3 Å². The van der Waals surface area contributed by atoms with Gasteiger partial charge in [-0.1, -0.05) is 17.7 Å². The van der Waals surface area contributed by atoms with E-state index in [0.29, 0.717) is 11.1 Å². The molecule has 0 amide bonds. The molecule has 0 bridgehead atoms. The van der Waals surface area contributed by atoms with Crippen LogP contribution in [0.5, 0.6) is 5.75 Å². The number of hydrogen-bond donors (Lipinski definition) is 3. The number of esters is 1. The quantitative estimate of drug-likeness (QED) is 0.456. The van der Waals surface area contributed by atoms with Gasteiger partial charge in [-0.15, -0.1) is 5.73 Å².